The highest BCUT2D eigenvalue weighted by Crippen LogP contribution is 2.13. The zero-order valence-electron chi connectivity index (χ0n) is 10.6. The van der Waals surface area contributed by atoms with Crippen molar-refractivity contribution in [3.8, 4) is 0 Å². The van der Waals surface area contributed by atoms with Crippen LogP contribution < -0.4 is 5.32 Å². The third kappa shape index (κ3) is 2.81. The SMILES string of the molecule is O=C(CCn1cncn1)N[C@@H]1CCc2nccn2C1. The second-order valence-corrected chi connectivity index (χ2v) is 4.71. The molecule has 0 radical (unpaired) electrons. The van der Waals surface area contributed by atoms with E-state index in [1.54, 1.807) is 11.0 Å². The summed E-state index contributed by atoms with van der Waals surface area (Å²) in [6.07, 6.45) is 9.16. The minimum Gasteiger partial charge on any atom is -0.352 e. The Morgan fingerprint density at radius 2 is 2.47 bits per heavy atom. The fourth-order valence-corrected chi connectivity index (χ4v) is 2.35. The molecule has 0 fully saturated rings. The van der Waals surface area contributed by atoms with Gasteiger partial charge in [-0.25, -0.2) is 9.97 Å². The van der Waals surface area contributed by atoms with Crippen molar-refractivity contribution >= 4 is 5.91 Å². The third-order valence-electron chi connectivity index (χ3n) is 3.33. The van der Waals surface area contributed by atoms with Crippen molar-refractivity contribution in [1.82, 2.24) is 29.6 Å². The van der Waals surface area contributed by atoms with Crippen molar-refractivity contribution in [3.05, 3.63) is 30.9 Å². The van der Waals surface area contributed by atoms with E-state index >= 15 is 0 Å². The smallest absolute Gasteiger partial charge is 0.222 e. The van der Waals surface area contributed by atoms with Gasteiger partial charge in [0.25, 0.3) is 0 Å². The number of fused-ring (bicyclic) bond motifs is 1. The van der Waals surface area contributed by atoms with Crippen LogP contribution in [0.1, 0.15) is 18.7 Å². The van der Waals surface area contributed by atoms with Crippen molar-refractivity contribution in [1.29, 1.82) is 0 Å². The molecule has 2 aromatic heterocycles. The van der Waals surface area contributed by atoms with Gasteiger partial charge in [-0.3, -0.25) is 9.48 Å². The quantitative estimate of drug-likeness (QED) is 0.839. The number of carbonyl (C=O) groups excluding carboxylic acids is 1. The molecule has 3 heterocycles. The molecule has 2 aromatic rings. The summed E-state index contributed by atoms with van der Waals surface area (Å²) in [5.74, 6) is 1.16. The Morgan fingerprint density at radius 1 is 1.53 bits per heavy atom. The highest BCUT2D eigenvalue weighted by molar-refractivity contribution is 5.76. The zero-order valence-corrected chi connectivity index (χ0v) is 10.6. The normalized spacial score (nSPS) is 18.0. The maximum absolute atomic E-state index is 11.9. The summed E-state index contributed by atoms with van der Waals surface area (Å²) in [7, 11) is 0. The van der Waals surface area contributed by atoms with Crippen molar-refractivity contribution < 1.29 is 4.79 Å². The van der Waals surface area contributed by atoms with E-state index < -0.39 is 0 Å². The lowest BCUT2D eigenvalue weighted by atomic mass is 10.1. The third-order valence-corrected chi connectivity index (χ3v) is 3.33. The molecule has 0 saturated carbocycles. The molecule has 0 aromatic carbocycles. The zero-order chi connectivity index (χ0) is 13.1. The molecular formula is C12H16N6O. The van der Waals surface area contributed by atoms with Gasteiger partial charge in [-0.2, -0.15) is 5.10 Å². The van der Waals surface area contributed by atoms with E-state index in [4.69, 9.17) is 0 Å². The van der Waals surface area contributed by atoms with E-state index in [-0.39, 0.29) is 11.9 Å². The van der Waals surface area contributed by atoms with Gasteiger partial charge < -0.3 is 9.88 Å². The highest BCUT2D eigenvalue weighted by Gasteiger charge is 2.19. The fourth-order valence-electron chi connectivity index (χ4n) is 2.35. The first-order valence-electron chi connectivity index (χ1n) is 6.43. The summed E-state index contributed by atoms with van der Waals surface area (Å²) >= 11 is 0. The lowest BCUT2D eigenvalue weighted by Gasteiger charge is -2.24. The topological polar surface area (TPSA) is 77.6 Å². The lowest BCUT2D eigenvalue weighted by molar-refractivity contribution is -0.122. The predicted molar refractivity (Wildman–Crippen MR) is 67.1 cm³/mol. The molecule has 3 rings (SSSR count). The number of rotatable bonds is 4. The van der Waals surface area contributed by atoms with Crippen LogP contribution in [0.4, 0.5) is 0 Å². The van der Waals surface area contributed by atoms with E-state index in [0.29, 0.717) is 13.0 Å². The van der Waals surface area contributed by atoms with Gasteiger partial charge in [-0.1, -0.05) is 0 Å². The Morgan fingerprint density at radius 3 is 3.32 bits per heavy atom. The molecule has 1 amide bonds. The molecule has 0 unspecified atom stereocenters. The minimum absolute atomic E-state index is 0.0593. The first-order valence-corrected chi connectivity index (χ1v) is 6.43. The number of amides is 1. The number of nitrogens with one attached hydrogen (secondary N) is 1. The fraction of sp³-hybridized carbons (Fsp3) is 0.500. The van der Waals surface area contributed by atoms with Gasteiger partial charge in [0.15, 0.2) is 0 Å². The van der Waals surface area contributed by atoms with E-state index in [0.717, 1.165) is 25.2 Å². The second-order valence-electron chi connectivity index (χ2n) is 4.71. The number of aromatic nitrogens is 5. The van der Waals surface area contributed by atoms with Gasteiger partial charge in [0, 0.05) is 37.8 Å². The molecule has 0 saturated heterocycles. The highest BCUT2D eigenvalue weighted by atomic mass is 16.1. The molecule has 0 bridgehead atoms. The van der Waals surface area contributed by atoms with Gasteiger partial charge in [0.2, 0.25) is 5.91 Å². The average molecular weight is 260 g/mol. The first kappa shape index (κ1) is 11.9. The predicted octanol–water partition coefficient (Wildman–Crippen LogP) is -0.00410. The van der Waals surface area contributed by atoms with Gasteiger partial charge >= 0.3 is 0 Å². The van der Waals surface area contributed by atoms with Gasteiger partial charge in [-0.15, -0.1) is 0 Å². The molecule has 1 aliphatic heterocycles. The molecule has 7 heteroatoms. The van der Waals surface area contributed by atoms with Crippen LogP contribution in [0.25, 0.3) is 0 Å². The number of nitrogens with zero attached hydrogens (tertiary/aromatic N) is 5. The number of carbonyl (C=O) groups is 1. The van der Waals surface area contributed by atoms with E-state index in [1.165, 1.54) is 6.33 Å². The Labute approximate surface area is 110 Å². The van der Waals surface area contributed by atoms with Crippen molar-refractivity contribution in [2.45, 2.75) is 38.4 Å². The molecule has 1 aliphatic rings. The lowest BCUT2D eigenvalue weighted by Crippen LogP contribution is -2.41. The average Bonchev–Trinajstić information content (AvgIpc) is 3.07. The molecule has 1 atom stereocenters. The van der Waals surface area contributed by atoms with E-state index in [9.17, 15) is 4.79 Å². The Balaban J connectivity index is 1.48. The molecule has 0 aliphatic carbocycles. The molecule has 19 heavy (non-hydrogen) atoms. The van der Waals surface area contributed by atoms with Crippen LogP contribution in [0.5, 0.6) is 0 Å². The molecule has 100 valence electrons. The monoisotopic (exact) mass is 260 g/mol. The molecule has 0 spiro atoms. The minimum atomic E-state index is 0.0593. The summed E-state index contributed by atoms with van der Waals surface area (Å²) in [5, 5.41) is 7.03. The van der Waals surface area contributed by atoms with Gasteiger partial charge in [0.05, 0.1) is 6.54 Å². The van der Waals surface area contributed by atoms with Crippen molar-refractivity contribution in [2.24, 2.45) is 0 Å². The van der Waals surface area contributed by atoms with Crippen LogP contribution in [0.3, 0.4) is 0 Å². The summed E-state index contributed by atoms with van der Waals surface area (Å²) < 4.78 is 3.76. The van der Waals surface area contributed by atoms with Crippen molar-refractivity contribution in [3.63, 3.8) is 0 Å². The summed E-state index contributed by atoms with van der Waals surface area (Å²) in [6, 6.07) is 0.199. The van der Waals surface area contributed by atoms with Crippen LogP contribution >= 0.6 is 0 Å². The summed E-state index contributed by atoms with van der Waals surface area (Å²) in [5.41, 5.74) is 0. The number of hydrogen-bond acceptors (Lipinski definition) is 4. The van der Waals surface area contributed by atoms with Crippen LogP contribution in [0, 0.1) is 0 Å². The Kier molecular flexibility index (Phi) is 3.26. The van der Waals surface area contributed by atoms with Crippen molar-refractivity contribution in [2.75, 3.05) is 0 Å². The first-order chi connectivity index (χ1) is 9.31. The molecule has 1 N–H and O–H groups in total. The summed E-state index contributed by atoms with van der Waals surface area (Å²) in [4.78, 5) is 20.0. The second kappa shape index (κ2) is 5.21. The van der Waals surface area contributed by atoms with Crippen LogP contribution in [0.15, 0.2) is 25.0 Å². The van der Waals surface area contributed by atoms with Gasteiger partial charge in [0.1, 0.15) is 18.5 Å². The molecular weight excluding hydrogens is 244 g/mol. The number of imidazole rings is 1. The maximum Gasteiger partial charge on any atom is 0.222 e. The molecule has 7 nitrogen and oxygen atoms in total. The Hall–Kier alpha value is -2.18. The largest absolute Gasteiger partial charge is 0.352 e. The van der Waals surface area contributed by atoms with Crippen LogP contribution in [-0.4, -0.2) is 36.3 Å². The Bertz CT molecular complexity index is 546. The number of hydrogen-bond donors (Lipinski definition) is 1. The maximum atomic E-state index is 11.9. The van der Waals surface area contributed by atoms with E-state index in [2.05, 4.69) is 25.0 Å². The van der Waals surface area contributed by atoms with Gasteiger partial charge in [-0.05, 0) is 6.42 Å². The van der Waals surface area contributed by atoms with Crippen LogP contribution in [0.2, 0.25) is 0 Å². The van der Waals surface area contributed by atoms with Crippen LogP contribution in [-0.2, 0) is 24.3 Å². The van der Waals surface area contributed by atoms with E-state index in [1.807, 2.05) is 12.4 Å². The number of aryl methyl sites for hydroxylation is 2. The standard InChI is InChI=1S/C12H16N6O/c19-12(3-5-18-9-13-8-15-18)16-10-1-2-11-14-4-6-17(11)7-10/h4,6,8-10H,1-3,5,7H2,(H,16,19)/t10-/m1/s1. The summed E-state index contributed by atoms with van der Waals surface area (Å²) in [6.45, 7) is 1.37.